The van der Waals surface area contributed by atoms with Gasteiger partial charge in [0.25, 0.3) is 5.19 Å². The van der Waals surface area contributed by atoms with Crippen molar-refractivity contribution in [2.24, 2.45) is 5.92 Å². The third kappa shape index (κ3) is 3.93. The Kier molecular flexibility index (Phi) is 5.13. The van der Waals surface area contributed by atoms with Crippen LogP contribution in [0, 0.1) is 5.92 Å². The minimum Gasteiger partial charge on any atom is -0.467 e. The molecule has 0 N–H and O–H groups in total. The van der Waals surface area contributed by atoms with Crippen molar-refractivity contribution in [3.8, 4) is 5.19 Å². The number of hydrogen-bond acceptors (Lipinski definition) is 4. The van der Waals surface area contributed by atoms with E-state index in [9.17, 15) is 4.79 Å². The molecule has 0 radical (unpaired) electrons. The lowest BCUT2D eigenvalue weighted by Gasteiger charge is -2.32. The van der Waals surface area contributed by atoms with Crippen molar-refractivity contribution in [1.82, 2.24) is 9.88 Å². The highest BCUT2D eigenvalue weighted by atomic mass is 35.5. The van der Waals surface area contributed by atoms with Crippen molar-refractivity contribution in [3.05, 3.63) is 23.2 Å². The summed E-state index contributed by atoms with van der Waals surface area (Å²) in [5.74, 6) is 0.950. The number of para-hydroxylation sites is 1. The molecule has 4 nitrogen and oxygen atoms in total. The van der Waals surface area contributed by atoms with E-state index in [1.165, 1.54) is 37.0 Å². The van der Waals surface area contributed by atoms with Crippen LogP contribution in [-0.2, 0) is 4.79 Å². The largest absolute Gasteiger partial charge is 0.467 e. The number of halogens is 1. The van der Waals surface area contributed by atoms with Crippen molar-refractivity contribution >= 4 is 39.1 Å². The number of hydrogen-bond donors (Lipinski definition) is 0. The fourth-order valence-electron chi connectivity index (χ4n) is 3.90. The van der Waals surface area contributed by atoms with Crippen LogP contribution in [0.1, 0.15) is 44.9 Å². The number of piperidine rings is 1. The molecular weight excluding hydrogens is 356 g/mol. The van der Waals surface area contributed by atoms with Crippen LogP contribution in [0.3, 0.4) is 0 Å². The van der Waals surface area contributed by atoms with Crippen LogP contribution in [0.15, 0.2) is 18.2 Å². The number of ether oxygens (including phenoxy) is 1. The molecule has 134 valence electrons. The molecule has 0 atom stereocenters. The molecule has 2 heterocycles. The van der Waals surface area contributed by atoms with Gasteiger partial charge in [0.2, 0.25) is 5.91 Å². The summed E-state index contributed by atoms with van der Waals surface area (Å²) in [7, 11) is 0. The number of amides is 1. The highest BCUT2D eigenvalue weighted by Crippen LogP contribution is 2.33. The molecule has 6 heteroatoms. The summed E-state index contributed by atoms with van der Waals surface area (Å²) in [5, 5.41) is 1.34. The van der Waals surface area contributed by atoms with E-state index in [1.807, 2.05) is 23.1 Å². The lowest BCUT2D eigenvalue weighted by molar-refractivity contribution is -0.133. The Morgan fingerprint density at radius 2 is 2.00 bits per heavy atom. The van der Waals surface area contributed by atoms with Crippen LogP contribution < -0.4 is 4.74 Å². The van der Waals surface area contributed by atoms with Crippen molar-refractivity contribution < 1.29 is 9.53 Å². The zero-order chi connectivity index (χ0) is 17.2. The molecule has 1 aromatic heterocycles. The van der Waals surface area contributed by atoms with Gasteiger partial charge in [0.05, 0.1) is 9.72 Å². The van der Waals surface area contributed by atoms with Crippen LogP contribution >= 0.6 is 22.9 Å². The fourth-order valence-corrected chi connectivity index (χ4v) is 5.08. The van der Waals surface area contributed by atoms with Gasteiger partial charge in [0, 0.05) is 32.4 Å². The first-order valence-corrected chi connectivity index (χ1v) is 10.4. The molecule has 2 aliphatic rings. The van der Waals surface area contributed by atoms with Gasteiger partial charge in [-0.1, -0.05) is 41.8 Å². The Morgan fingerprint density at radius 1 is 1.24 bits per heavy atom. The predicted octanol–water partition coefficient (Wildman–Crippen LogP) is 4.90. The van der Waals surface area contributed by atoms with Gasteiger partial charge in [-0.05, 0) is 30.9 Å². The molecule has 1 saturated heterocycles. The Labute approximate surface area is 157 Å². The van der Waals surface area contributed by atoms with Gasteiger partial charge in [-0.2, -0.15) is 0 Å². The van der Waals surface area contributed by atoms with E-state index >= 15 is 0 Å². The lowest BCUT2D eigenvalue weighted by Crippen LogP contribution is -2.42. The SMILES string of the molecule is O=C(CC1CCCC1)N1CCC(Oc2nc3c(Cl)cccc3s2)CC1. The summed E-state index contributed by atoms with van der Waals surface area (Å²) in [6.45, 7) is 1.59. The smallest absolute Gasteiger partial charge is 0.274 e. The highest BCUT2D eigenvalue weighted by Gasteiger charge is 2.27. The Balaban J connectivity index is 1.30. The molecule has 1 amide bonds. The third-order valence-corrected chi connectivity index (χ3v) is 6.57. The van der Waals surface area contributed by atoms with Gasteiger partial charge in [0.15, 0.2) is 0 Å². The number of carbonyl (C=O) groups excluding carboxylic acids is 1. The molecule has 2 fully saturated rings. The molecule has 1 aromatic carbocycles. The number of carbonyl (C=O) groups is 1. The molecule has 1 aliphatic carbocycles. The quantitative estimate of drug-likeness (QED) is 0.759. The summed E-state index contributed by atoms with van der Waals surface area (Å²) in [6, 6.07) is 5.79. The van der Waals surface area contributed by atoms with Crippen molar-refractivity contribution in [3.63, 3.8) is 0 Å². The molecule has 2 aromatic rings. The van der Waals surface area contributed by atoms with Gasteiger partial charge < -0.3 is 9.64 Å². The summed E-state index contributed by atoms with van der Waals surface area (Å²) in [6.07, 6.45) is 7.66. The molecule has 25 heavy (non-hydrogen) atoms. The van der Waals surface area contributed by atoms with Crippen molar-refractivity contribution in [1.29, 1.82) is 0 Å². The van der Waals surface area contributed by atoms with Crippen molar-refractivity contribution in [2.45, 2.75) is 51.0 Å². The molecule has 1 aliphatic heterocycles. The van der Waals surface area contributed by atoms with Crippen LogP contribution in [-0.4, -0.2) is 35.0 Å². The van der Waals surface area contributed by atoms with E-state index in [-0.39, 0.29) is 6.10 Å². The normalized spacial score (nSPS) is 19.6. The van der Waals surface area contributed by atoms with E-state index in [1.54, 1.807) is 0 Å². The van der Waals surface area contributed by atoms with Crippen LogP contribution in [0.5, 0.6) is 5.19 Å². The standard InChI is InChI=1S/C19H23ClN2O2S/c20-15-6-3-7-16-18(15)21-19(25-16)24-14-8-10-22(11-9-14)17(23)12-13-4-1-2-5-13/h3,6-7,13-14H,1-2,4-5,8-12H2. The average molecular weight is 379 g/mol. The molecule has 4 rings (SSSR count). The maximum atomic E-state index is 12.4. The van der Waals surface area contributed by atoms with Gasteiger partial charge in [-0.15, -0.1) is 0 Å². The maximum Gasteiger partial charge on any atom is 0.274 e. The first-order valence-electron chi connectivity index (χ1n) is 9.18. The second-order valence-electron chi connectivity index (χ2n) is 7.12. The molecule has 0 unspecified atom stereocenters. The Hall–Kier alpha value is -1.33. The van der Waals surface area contributed by atoms with E-state index in [0.717, 1.165) is 42.6 Å². The number of thiazole rings is 1. The number of rotatable bonds is 4. The van der Waals surface area contributed by atoms with E-state index in [0.29, 0.717) is 22.0 Å². The summed E-state index contributed by atoms with van der Waals surface area (Å²) in [5.41, 5.74) is 0.813. The van der Waals surface area contributed by atoms with Gasteiger partial charge in [-0.25, -0.2) is 4.98 Å². The Morgan fingerprint density at radius 3 is 2.72 bits per heavy atom. The number of aromatic nitrogens is 1. The summed E-state index contributed by atoms with van der Waals surface area (Å²) >= 11 is 7.72. The number of nitrogens with zero attached hydrogens (tertiary/aromatic N) is 2. The average Bonchev–Trinajstić information content (AvgIpc) is 3.25. The molecule has 1 saturated carbocycles. The second-order valence-corrected chi connectivity index (χ2v) is 8.52. The van der Waals surface area contributed by atoms with Crippen molar-refractivity contribution in [2.75, 3.05) is 13.1 Å². The van der Waals surface area contributed by atoms with Gasteiger partial charge >= 0.3 is 0 Å². The molecular formula is C19H23ClN2O2S. The predicted molar refractivity (Wildman–Crippen MR) is 101 cm³/mol. The zero-order valence-electron chi connectivity index (χ0n) is 14.2. The van der Waals surface area contributed by atoms with Crippen LogP contribution in [0.4, 0.5) is 0 Å². The van der Waals surface area contributed by atoms with Gasteiger partial charge in [-0.3, -0.25) is 4.79 Å². The minimum absolute atomic E-state index is 0.134. The third-order valence-electron chi connectivity index (χ3n) is 5.35. The first kappa shape index (κ1) is 17.1. The second kappa shape index (κ2) is 7.50. The zero-order valence-corrected chi connectivity index (χ0v) is 15.8. The molecule has 0 bridgehead atoms. The number of benzene rings is 1. The lowest BCUT2D eigenvalue weighted by atomic mass is 10.0. The minimum atomic E-state index is 0.134. The topological polar surface area (TPSA) is 42.4 Å². The molecule has 0 spiro atoms. The Bertz CT molecular complexity index is 749. The highest BCUT2D eigenvalue weighted by molar-refractivity contribution is 7.20. The monoisotopic (exact) mass is 378 g/mol. The van der Waals surface area contributed by atoms with Crippen LogP contribution in [0.25, 0.3) is 10.2 Å². The van der Waals surface area contributed by atoms with E-state index < -0.39 is 0 Å². The summed E-state index contributed by atoms with van der Waals surface area (Å²) in [4.78, 5) is 19.0. The first-order chi connectivity index (χ1) is 12.2. The van der Waals surface area contributed by atoms with Crippen LogP contribution in [0.2, 0.25) is 5.02 Å². The fraction of sp³-hybridized carbons (Fsp3) is 0.579. The number of likely N-dealkylation sites (tertiary alicyclic amines) is 1. The summed E-state index contributed by atoms with van der Waals surface area (Å²) < 4.78 is 7.12. The van der Waals surface area contributed by atoms with E-state index in [4.69, 9.17) is 16.3 Å². The number of fused-ring (bicyclic) bond motifs is 1. The van der Waals surface area contributed by atoms with E-state index in [2.05, 4.69) is 4.98 Å². The van der Waals surface area contributed by atoms with Gasteiger partial charge in [0.1, 0.15) is 11.6 Å². The maximum absolute atomic E-state index is 12.4.